The minimum Gasteiger partial charge on any atom is -0.437 e. The Labute approximate surface area is 166 Å². The highest BCUT2D eigenvalue weighted by atomic mass is 16.7. The van der Waals surface area contributed by atoms with Crippen LogP contribution in [0.4, 0.5) is 16.2 Å². The quantitative estimate of drug-likeness (QED) is 0.463. The van der Waals surface area contributed by atoms with E-state index in [-0.39, 0.29) is 28.1 Å². The smallest absolute Gasteiger partial charge is 0.437 e. The summed E-state index contributed by atoms with van der Waals surface area (Å²) in [5.41, 5.74) is 1.02. The number of pyridine rings is 1. The van der Waals surface area contributed by atoms with E-state index < -0.39 is 17.0 Å². The molecule has 0 spiro atoms. The van der Waals surface area contributed by atoms with E-state index in [0.29, 0.717) is 17.9 Å². The molecular weight excluding hydrogens is 378 g/mol. The Balaban J connectivity index is 2.31. The zero-order chi connectivity index (χ0) is 21.1. The summed E-state index contributed by atoms with van der Waals surface area (Å²) in [4.78, 5) is 36.2. The van der Waals surface area contributed by atoms with Crippen molar-refractivity contribution in [3.8, 4) is 0 Å². The summed E-state index contributed by atoms with van der Waals surface area (Å²) in [6.07, 6.45) is 1.44. The number of aromatic nitrogens is 1. The van der Waals surface area contributed by atoms with Gasteiger partial charge >= 0.3 is 6.16 Å². The number of methoxy groups -OCH3 is 1. The zero-order valence-electron chi connectivity index (χ0n) is 16.3. The van der Waals surface area contributed by atoms with Crippen molar-refractivity contribution in [1.29, 1.82) is 0 Å². The van der Waals surface area contributed by atoms with E-state index in [1.807, 2.05) is 6.92 Å². The van der Waals surface area contributed by atoms with Crippen LogP contribution in [0.15, 0.2) is 52.8 Å². The van der Waals surface area contributed by atoms with Gasteiger partial charge in [-0.15, -0.1) is 0 Å². The lowest BCUT2D eigenvalue weighted by atomic mass is 9.85. The fraction of sp³-hybridized carbons (Fsp3) is 0.300. The average Bonchev–Trinajstić information content (AvgIpc) is 2.71. The number of hydrogen-bond acceptors (Lipinski definition) is 7. The summed E-state index contributed by atoms with van der Waals surface area (Å²) in [6.45, 7) is 4.10. The van der Waals surface area contributed by atoms with E-state index in [9.17, 15) is 19.7 Å². The molecule has 152 valence electrons. The van der Waals surface area contributed by atoms with Crippen LogP contribution in [0.3, 0.4) is 0 Å². The summed E-state index contributed by atoms with van der Waals surface area (Å²) < 4.78 is 11.5. The van der Waals surface area contributed by atoms with Gasteiger partial charge in [0.15, 0.2) is 0 Å². The molecule has 9 nitrogen and oxygen atoms in total. The van der Waals surface area contributed by atoms with E-state index in [0.717, 1.165) is 13.5 Å². The first-order valence-corrected chi connectivity index (χ1v) is 9.09. The summed E-state index contributed by atoms with van der Waals surface area (Å²) >= 11 is 0. The summed E-state index contributed by atoms with van der Waals surface area (Å²) in [5.74, 6) is -0.853. The molecule has 0 radical (unpaired) electrons. The fourth-order valence-corrected chi connectivity index (χ4v) is 3.47. The van der Waals surface area contributed by atoms with E-state index >= 15 is 0 Å². The molecular formula is C20H21N3O6. The first-order chi connectivity index (χ1) is 13.9. The summed E-state index contributed by atoms with van der Waals surface area (Å²) in [7, 11) is 1.16. The van der Waals surface area contributed by atoms with Gasteiger partial charge in [-0.25, -0.2) is 4.79 Å². The number of carbonyl (C=O) groups excluding carboxylic acids is 1. The predicted octanol–water partition coefficient (Wildman–Crippen LogP) is 3.74. The van der Waals surface area contributed by atoms with Gasteiger partial charge in [0.25, 0.3) is 11.2 Å². The molecule has 0 aliphatic carbocycles. The highest BCUT2D eigenvalue weighted by Gasteiger charge is 2.37. The number of anilines is 1. The van der Waals surface area contributed by atoms with Gasteiger partial charge in [-0.3, -0.25) is 14.9 Å². The maximum atomic E-state index is 13.2. The molecule has 1 aromatic heterocycles. The maximum absolute atomic E-state index is 13.2. The first-order valence-electron chi connectivity index (χ1n) is 9.09. The second kappa shape index (κ2) is 8.17. The number of ether oxygens (including phenoxy) is 2. The van der Waals surface area contributed by atoms with Gasteiger partial charge in [0.05, 0.1) is 29.2 Å². The summed E-state index contributed by atoms with van der Waals surface area (Å²) in [5, 5.41) is 14.7. The largest absolute Gasteiger partial charge is 0.513 e. The lowest BCUT2D eigenvalue weighted by Crippen LogP contribution is -2.32. The molecule has 0 bridgehead atoms. The molecule has 1 aliphatic rings. The SMILES string of the molecule is CCCn1ccc2c(c1=O)C(c1ccccc1[N+](=O)[O-])C(OC(=O)OC)=C(C)N2. The van der Waals surface area contributed by atoms with Crippen LogP contribution in [0.25, 0.3) is 0 Å². The van der Waals surface area contributed by atoms with Crippen molar-refractivity contribution in [1.82, 2.24) is 4.57 Å². The molecule has 0 saturated carbocycles. The van der Waals surface area contributed by atoms with Crippen molar-refractivity contribution in [2.24, 2.45) is 0 Å². The monoisotopic (exact) mass is 399 g/mol. The van der Waals surface area contributed by atoms with Crippen molar-refractivity contribution < 1.29 is 19.2 Å². The number of allylic oxidation sites excluding steroid dienone is 2. The maximum Gasteiger partial charge on any atom is 0.513 e. The molecule has 0 fully saturated rings. The zero-order valence-corrected chi connectivity index (χ0v) is 16.3. The Morgan fingerprint density at radius 2 is 2.03 bits per heavy atom. The number of nitro groups is 1. The lowest BCUT2D eigenvalue weighted by molar-refractivity contribution is -0.385. The number of para-hydroxylation sites is 1. The van der Waals surface area contributed by atoms with Crippen molar-refractivity contribution in [2.45, 2.75) is 32.7 Å². The molecule has 1 aliphatic heterocycles. The minimum absolute atomic E-state index is 0.0880. The number of nitrogens with one attached hydrogen (secondary N) is 1. The van der Waals surface area contributed by atoms with Crippen molar-refractivity contribution >= 4 is 17.5 Å². The van der Waals surface area contributed by atoms with Crippen LogP contribution < -0.4 is 10.9 Å². The highest BCUT2D eigenvalue weighted by Crippen LogP contribution is 2.43. The molecule has 29 heavy (non-hydrogen) atoms. The second-order valence-electron chi connectivity index (χ2n) is 6.56. The molecule has 2 aromatic rings. The van der Waals surface area contributed by atoms with Crippen LogP contribution in [-0.4, -0.2) is 22.8 Å². The number of nitrogens with zero attached hydrogens (tertiary/aromatic N) is 2. The van der Waals surface area contributed by atoms with Gasteiger partial charge in [0.2, 0.25) is 0 Å². The standard InChI is InChI=1S/C20H21N3O6/c1-4-10-22-11-9-14-17(19(22)24)16(13-7-5-6-8-15(13)23(26)27)18(12(2)21-14)29-20(25)28-3/h5-9,11,16,21H,4,10H2,1-3H3. The number of rotatable bonds is 5. The molecule has 2 heterocycles. The normalized spacial score (nSPS) is 15.3. The Morgan fingerprint density at radius 1 is 1.31 bits per heavy atom. The second-order valence-corrected chi connectivity index (χ2v) is 6.56. The Hall–Kier alpha value is -3.62. The van der Waals surface area contributed by atoms with Gasteiger partial charge in [-0.2, -0.15) is 0 Å². The third kappa shape index (κ3) is 3.71. The van der Waals surface area contributed by atoms with Crippen molar-refractivity contribution in [3.05, 3.63) is 79.6 Å². The van der Waals surface area contributed by atoms with Gasteiger partial charge in [0, 0.05) is 30.1 Å². The molecule has 1 atom stereocenters. The van der Waals surface area contributed by atoms with Crippen molar-refractivity contribution in [2.75, 3.05) is 12.4 Å². The molecule has 9 heteroatoms. The minimum atomic E-state index is -0.974. The van der Waals surface area contributed by atoms with Gasteiger partial charge in [0.1, 0.15) is 5.76 Å². The van der Waals surface area contributed by atoms with Gasteiger partial charge < -0.3 is 19.4 Å². The first kappa shape index (κ1) is 20.1. The Bertz CT molecular complexity index is 1060. The molecule has 3 rings (SSSR count). The van der Waals surface area contributed by atoms with Crippen LogP contribution in [0, 0.1) is 10.1 Å². The number of carbonyl (C=O) groups is 1. The number of hydrogen-bond donors (Lipinski definition) is 1. The molecule has 1 N–H and O–H groups in total. The van der Waals surface area contributed by atoms with E-state index in [1.54, 1.807) is 42.0 Å². The Kier molecular flexibility index (Phi) is 5.67. The van der Waals surface area contributed by atoms with E-state index in [1.165, 1.54) is 6.07 Å². The molecule has 0 saturated heterocycles. The summed E-state index contributed by atoms with van der Waals surface area (Å²) in [6, 6.07) is 7.84. The van der Waals surface area contributed by atoms with Crippen LogP contribution in [0.1, 0.15) is 37.3 Å². The number of benzene rings is 1. The number of nitro benzene ring substituents is 1. The third-order valence-electron chi connectivity index (χ3n) is 4.71. The lowest BCUT2D eigenvalue weighted by Gasteiger charge is -2.29. The number of aryl methyl sites for hydroxylation is 1. The molecule has 1 aromatic carbocycles. The topological polar surface area (TPSA) is 113 Å². The van der Waals surface area contributed by atoms with Gasteiger partial charge in [-0.05, 0) is 19.4 Å². The van der Waals surface area contributed by atoms with Gasteiger partial charge in [-0.1, -0.05) is 25.1 Å². The fourth-order valence-electron chi connectivity index (χ4n) is 3.47. The Morgan fingerprint density at radius 3 is 2.69 bits per heavy atom. The molecule has 1 unspecified atom stereocenters. The van der Waals surface area contributed by atoms with E-state index in [2.05, 4.69) is 10.1 Å². The van der Waals surface area contributed by atoms with Crippen LogP contribution in [-0.2, 0) is 16.0 Å². The third-order valence-corrected chi connectivity index (χ3v) is 4.71. The average molecular weight is 399 g/mol. The van der Waals surface area contributed by atoms with Crippen LogP contribution in [0.2, 0.25) is 0 Å². The van der Waals surface area contributed by atoms with Crippen LogP contribution in [0.5, 0.6) is 0 Å². The van der Waals surface area contributed by atoms with Crippen molar-refractivity contribution in [3.63, 3.8) is 0 Å². The van der Waals surface area contributed by atoms with E-state index in [4.69, 9.17) is 4.74 Å². The number of fused-ring (bicyclic) bond motifs is 1. The predicted molar refractivity (Wildman–Crippen MR) is 106 cm³/mol. The highest BCUT2D eigenvalue weighted by molar-refractivity contribution is 5.69. The molecule has 0 amide bonds. The van der Waals surface area contributed by atoms with Crippen LogP contribution >= 0.6 is 0 Å².